The van der Waals surface area contributed by atoms with Crippen molar-refractivity contribution in [2.24, 2.45) is 0 Å². The van der Waals surface area contributed by atoms with Crippen LogP contribution in [0, 0.1) is 0 Å². The van der Waals surface area contributed by atoms with Crippen LogP contribution in [0.1, 0.15) is 0 Å². The van der Waals surface area contributed by atoms with Crippen molar-refractivity contribution in [1.82, 2.24) is 0 Å². The van der Waals surface area contributed by atoms with Crippen LogP contribution in [0.15, 0.2) is 59.3 Å². The van der Waals surface area contributed by atoms with Crippen molar-refractivity contribution >= 4 is 43.7 Å². The molecule has 0 nitrogen and oxygen atoms in total. The molecule has 4 aromatic rings. The fourth-order valence-corrected chi connectivity index (χ4v) is 3.24. The molecule has 0 amide bonds. The fraction of sp³-hybridized carbons (Fsp3) is 0. The van der Waals surface area contributed by atoms with E-state index in [-0.39, 0.29) is 0 Å². The van der Waals surface area contributed by atoms with Crippen molar-refractivity contribution in [1.29, 1.82) is 0 Å². The smallest absolute Gasteiger partial charge is 0.00143 e. The van der Waals surface area contributed by atoms with Gasteiger partial charge in [0.05, 0.1) is 0 Å². The maximum atomic E-state index is 2.31. The maximum absolute atomic E-state index is 2.31. The zero-order valence-electron chi connectivity index (χ0n) is 9.18. The Morgan fingerprint density at radius 1 is 0.588 bits per heavy atom. The predicted molar refractivity (Wildman–Crippen MR) is 76.8 cm³/mol. The first-order valence-corrected chi connectivity index (χ1v) is 6.63. The van der Waals surface area contributed by atoms with Crippen LogP contribution in [0.25, 0.3) is 32.3 Å². The molecule has 0 aliphatic heterocycles. The minimum absolute atomic E-state index is 1.31. The van der Waals surface area contributed by atoms with Crippen LogP contribution < -0.4 is 0 Å². The Morgan fingerprint density at radius 3 is 2.29 bits per heavy atom. The summed E-state index contributed by atoms with van der Waals surface area (Å²) in [6.45, 7) is 0. The van der Waals surface area contributed by atoms with Crippen molar-refractivity contribution in [3.05, 3.63) is 59.3 Å². The van der Waals surface area contributed by atoms with E-state index >= 15 is 0 Å². The third-order valence-corrected chi connectivity index (χ3v) is 4.12. The SMILES string of the molecule is c1ccc2c(c1)ccc1cc3cscc3cc12. The van der Waals surface area contributed by atoms with E-state index < -0.39 is 0 Å². The van der Waals surface area contributed by atoms with Crippen LogP contribution in [-0.4, -0.2) is 0 Å². The lowest BCUT2D eigenvalue weighted by Gasteiger charge is -2.04. The average Bonchev–Trinajstić information content (AvgIpc) is 2.83. The summed E-state index contributed by atoms with van der Waals surface area (Å²) < 4.78 is 0. The molecule has 17 heavy (non-hydrogen) atoms. The van der Waals surface area contributed by atoms with E-state index in [9.17, 15) is 0 Å². The normalized spacial score (nSPS) is 11.5. The molecule has 0 radical (unpaired) electrons. The Morgan fingerprint density at radius 2 is 1.35 bits per heavy atom. The third kappa shape index (κ3) is 1.29. The molecule has 3 aromatic carbocycles. The summed E-state index contributed by atoms with van der Waals surface area (Å²) in [6, 6.07) is 17.6. The molecule has 0 aliphatic carbocycles. The lowest BCUT2D eigenvalue weighted by atomic mass is 10.0. The number of fused-ring (bicyclic) bond motifs is 4. The highest BCUT2D eigenvalue weighted by atomic mass is 32.1. The molecule has 0 atom stereocenters. The molecule has 0 bridgehead atoms. The molecule has 1 aromatic heterocycles. The van der Waals surface area contributed by atoms with Crippen LogP contribution in [0.2, 0.25) is 0 Å². The molecule has 1 heteroatoms. The van der Waals surface area contributed by atoms with Crippen molar-refractivity contribution in [3.8, 4) is 0 Å². The Balaban J connectivity index is 2.30. The van der Waals surface area contributed by atoms with E-state index in [4.69, 9.17) is 0 Å². The number of thiophene rings is 1. The first kappa shape index (κ1) is 9.20. The minimum atomic E-state index is 1.31. The maximum Gasteiger partial charge on any atom is -0.00143 e. The van der Waals surface area contributed by atoms with Gasteiger partial charge in [0.15, 0.2) is 0 Å². The van der Waals surface area contributed by atoms with Gasteiger partial charge in [0, 0.05) is 0 Å². The first-order chi connectivity index (χ1) is 8.42. The summed E-state index contributed by atoms with van der Waals surface area (Å²) in [5.74, 6) is 0. The van der Waals surface area contributed by atoms with Gasteiger partial charge in [-0.1, -0.05) is 36.4 Å². The second kappa shape index (κ2) is 3.31. The summed E-state index contributed by atoms with van der Waals surface area (Å²) in [7, 11) is 0. The molecule has 0 fully saturated rings. The van der Waals surface area contributed by atoms with Gasteiger partial charge in [0.25, 0.3) is 0 Å². The van der Waals surface area contributed by atoms with Gasteiger partial charge < -0.3 is 0 Å². The molecule has 0 N–H and O–H groups in total. The molecular formula is C16H10S. The highest BCUT2D eigenvalue weighted by Gasteiger charge is 2.02. The molecule has 0 spiro atoms. The van der Waals surface area contributed by atoms with Gasteiger partial charge in [0.2, 0.25) is 0 Å². The van der Waals surface area contributed by atoms with E-state index in [1.54, 1.807) is 11.3 Å². The zero-order chi connectivity index (χ0) is 11.2. The highest BCUT2D eigenvalue weighted by molar-refractivity contribution is 7.09. The molecule has 0 aliphatic rings. The van der Waals surface area contributed by atoms with Gasteiger partial charge in [-0.15, -0.1) is 0 Å². The van der Waals surface area contributed by atoms with Crippen LogP contribution in [0.3, 0.4) is 0 Å². The molecule has 1 heterocycles. The first-order valence-electron chi connectivity index (χ1n) is 5.69. The van der Waals surface area contributed by atoms with Crippen LogP contribution in [0.5, 0.6) is 0 Å². The van der Waals surface area contributed by atoms with Gasteiger partial charge in [-0.2, -0.15) is 11.3 Å². The Hall–Kier alpha value is -1.86. The van der Waals surface area contributed by atoms with Crippen LogP contribution >= 0.6 is 11.3 Å². The summed E-state index contributed by atoms with van der Waals surface area (Å²) in [5, 5.41) is 12.5. The lowest BCUT2D eigenvalue weighted by Crippen LogP contribution is -1.77. The van der Waals surface area contributed by atoms with E-state index in [0.29, 0.717) is 0 Å². The summed E-state index contributed by atoms with van der Waals surface area (Å²) in [4.78, 5) is 0. The number of hydrogen-bond donors (Lipinski definition) is 0. The molecule has 0 saturated carbocycles. The van der Waals surface area contributed by atoms with Crippen molar-refractivity contribution in [2.75, 3.05) is 0 Å². The standard InChI is InChI=1S/C16H10S/c1-2-4-15-11(3-1)5-6-12-7-13-9-17-10-14(13)8-16(12)15/h1-10H. The van der Waals surface area contributed by atoms with E-state index in [1.165, 1.54) is 32.3 Å². The fourth-order valence-electron chi connectivity index (χ4n) is 2.47. The zero-order valence-corrected chi connectivity index (χ0v) is 10.00. The Bertz CT molecular complexity index is 840. The van der Waals surface area contributed by atoms with Crippen molar-refractivity contribution in [2.45, 2.75) is 0 Å². The summed E-state index contributed by atoms with van der Waals surface area (Å²) in [5.41, 5.74) is 0. The average molecular weight is 234 g/mol. The van der Waals surface area contributed by atoms with Gasteiger partial charge in [-0.05, 0) is 55.2 Å². The van der Waals surface area contributed by atoms with Crippen molar-refractivity contribution in [3.63, 3.8) is 0 Å². The minimum Gasteiger partial charge on any atom is -0.151 e. The molecule has 4 rings (SSSR count). The predicted octanol–water partition coefficient (Wildman–Crippen LogP) is 5.21. The Kier molecular flexibility index (Phi) is 1.79. The third-order valence-electron chi connectivity index (χ3n) is 3.34. The lowest BCUT2D eigenvalue weighted by molar-refractivity contribution is 1.80. The molecule has 0 saturated heterocycles. The van der Waals surface area contributed by atoms with E-state index in [0.717, 1.165) is 0 Å². The van der Waals surface area contributed by atoms with Gasteiger partial charge >= 0.3 is 0 Å². The number of rotatable bonds is 0. The monoisotopic (exact) mass is 234 g/mol. The molecular weight excluding hydrogens is 224 g/mol. The summed E-state index contributed by atoms with van der Waals surface area (Å²) >= 11 is 1.77. The Labute approximate surface area is 103 Å². The highest BCUT2D eigenvalue weighted by Crippen LogP contribution is 2.30. The van der Waals surface area contributed by atoms with Gasteiger partial charge in [-0.25, -0.2) is 0 Å². The quantitative estimate of drug-likeness (QED) is 0.366. The van der Waals surface area contributed by atoms with Crippen molar-refractivity contribution < 1.29 is 0 Å². The number of benzene rings is 3. The topological polar surface area (TPSA) is 0 Å². The van der Waals surface area contributed by atoms with E-state index in [2.05, 4.69) is 59.3 Å². The number of hydrogen-bond acceptors (Lipinski definition) is 1. The second-order valence-electron chi connectivity index (χ2n) is 4.36. The molecule has 0 unspecified atom stereocenters. The van der Waals surface area contributed by atoms with E-state index in [1.807, 2.05) is 0 Å². The second-order valence-corrected chi connectivity index (χ2v) is 5.10. The summed E-state index contributed by atoms with van der Waals surface area (Å²) in [6.07, 6.45) is 0. The van der Waals surface area contributed by atoms with Gasteiger partial charge in [-0.3, -0.25) is 0 Å². The largest absolute Gasteiger partial charge is 0.151 e. The molecule has 80 valence electrons. The van der Waals surface area contributed by atoms with Gasteiger partial charge in [0.1, 0.15) is 0 Å². The van der Waals surface area contributed by atoms with Crippen LogP contribution in [0.4, 0.5) is 0 Å². The van der Waals surface area contributed by atoms with Crippen LogP contribution in [-0.2, 0) is 0 Å².